The number of hydrogen-bond acceptors (Lipinski definition) is 5. The average molecular weight is 480 g/mol. The molecule has 0 atom stereocenters. The number of pyridine rings is 1. The van der Waals surface area contributed by atoms with Gasteiger partial charge in [-0.2, -0.15) is 0 Å². The van der Waals surface area contributed by atoms with Crippen molar-refractivity contribution in [2.75, 3.05) is 11.9 Å². The molecular weight excluding hydrogens is 460 g/mol. The molecule has 3 N–H and O–H groups in total. The maximum Gasteiger partial charge on any atom is 0.340 e. The fourth-order valence-corrected chi connectivity index (χ4v) is 3.54. The van der Waals surface area contributed by atoms with Crippen LogP contribution < -0.4 is 11.1 Å². The number of hydrogen-bond donors (Lipinski definition) is 2. The smallest absolute Gasteiger partial charge is 0.340 e. The first-order valence-electron chi connectivity index (χ1n) is 8.94. The Morgan fingerprint density at radius 3 is 2.79 bits per heavy atom. The van der Waals surface area contributed by atoms with Crippen LogP contribution in [0.4, 0.5) is 16.3 Å². The third kappa shape index (κ3) is 4.38. The number of esters is 1. The number of carbonyl (C=O) groups is 2. The van der Waals surface area contributed by atoms with Gasteiger partial charge in [-0.05, 0) is 49.4 Å². The lowest BCUT2D eigenvalue weighted by atomic mass is 10.1. The van der Waals surface area contributed by atoms with Crippen LogP contribution >= 0.6 is 28.3 Å². The molecule has 0 bridgehead atoms. The summed E-state index contributed by atoms with van der Waals surface area (Å²) in [4.78, 5) is 29.0. The molecule has 7 nitrogen and oxygen atoms in total. The molecule has 1 fully saturated rings. The van der Waals surface area contributed by atoms with Crippen molar-refractivity contribution in [1.82, 2.24) is 9.55 Å². The van der Waals surface area contributed by atoms with Crippen LogP contribution in [0.2, 0.25) is 0 Å². The minimum absolute atomic E-state index is 0. The normalized spacial score (nSPS) is 13.0. The molecule has 1 amide bonds. The topological polar surface area (TPSA) is 99.2 Å². The van der Waals surface area contributed by atoms with E-state index < -0.39 is 12.0 Å². The van der Waals surface area contributed by atoms with Crippen LogP contribution in [0.25, 0.3) is 10.9 Å². The van der Waals surface area contributed by atoms with Crippen LogP contribution in [0.5, 0.6) is 0 Å². The maximum atomic E-state index is 12.6. The molecule has 4 rings (SSSR count). The number of anilines is 2. The van der Waals surface area contributed by atoms with Gasteiger partial charge in [0.2, 0.25) is 0 Å². The average Bonchev–Trinajstić information content (AvgIpc) is 3.42. The zero-order valence-electron chi connectivity index (χ0n) is 15.6. The fraction of sp³-hybridized carbons (Fsp3) is 0.250. The van der Waals surface area contributed by atoms with Crippen LogP contribution in [0.15, 0.2) is 41.1 Å². The van der Waals surface area contributed by atoms with Crippen molar-refractivity contribution in [3.8, 4) is 0 Å². The minimum atomic E-state index is -0.652. The second-order valence-electron chi connectivity index (χ2n) is 6.94. The van der Waals surface area contributed by atoms with E-state index in [1.54, 1.807) is 6.20 Å². The number of nitrogens with zero attached hydrogens (tertiary/aromatic N) is 2. The zero-order valence-corrected chi connectivity index (χ0v) is 18.0. The molecule has 29 heavy (non-hydrogen) atoms. The molecule has 2 heterocycles. The van der Waals surface area contributed by atoms with Crippen LogP contribution in [-0.4, -0.2) is 28.2 Å². The van der Waals surface area contributed by atoms with E-state index in [4.69, 9.17) is 10.5 Å². The number of benzene rings is 1. The molecule has 0 aliphatic heterocycles. The van der Waals surface area contributed by atoms with Crippen molar-refractivity contribution in [3.05, 3.63) is 52.3 Å². The van der Waals surface area contributed by atoms with Crippen molar-refractivity contribution in [2.24, 2.45) is 11.7 Å². The van der Waals surface area contributed by atoms with Gasteiger partial charge in [-0.3, -0.25) is 4.57 Å². The number of ether oxygens (including phenoxy) is 1. The highest BCUT2D eigenvalue weighted by molar-refractivity contribution is 9.10. The number of halogens is 2. The lowest BCUT2D eigenvalue weighted by Gasteiger charge is -2.12. The Labute approximate surface area is 182 Å². The molecule has 1 saturated carbocycles. The van der Waals surface area contributed by atoms with Gasteiger partial charge in [-0.1, -0.05) is 22.0 Å². The number of nitrogens with two attached hydrogens (primary N) is 1. The zero-order chi connectivity index (χ0) is 19.8. The van der Waals surface area contributed by atoms with E-state index >= 15 is 0 Å². The first kappa shape index (κ1) is 21.1. The predicted octanol–water partition coefficient (Wildman–Crippen LogP) is 4.77. The molecule has 0 saturated heterocycles. The third-order valence-electron chi connectivity index (χ3n) is 4.70. The third-order valence-corrected chi connectivity index (χ3v) is 5.20. The number of primary amides is 1. The number of amides is 1. The maximum absolute atomic E-state index is 12.6. The summed E-state index contributed by atoms with van der Waals surface area (Å²) in [6.07, 6.45) is 5.27. The summed E-state index contributed by atoms with van der Waals surface area (Å²) in [6, 6.07) is 6.89. The summed E-state index contributed by atoms with van der Waals surface area (Å²) in [6.45, 7) is 2.23. The monoisotopic (exact) mass is 478 g/mol. The van der Waals surface area contributed by atoms with Crippen LogP contribution in [0.1, 0.15) is 28.8 Å². The summed E-state index contributed by atoms with van der Waals surface area (Å²) in [7, 11) is 0. The van der Waals surface area contributed by atoms with Crippen LogP contribution in [0, 0.1) is 12.8 Å². The standard InChI is InChI=1S/C20H19BrN4O3.ClH/c1-11-9-25(20(22)27)17-16(11)15(19(26)28-10-12-5-6-12)8-23-18(17)24-14-4-2-3-13(21)7-14;/h2-4,7-9,12H,5-6,10H2,1H3,(H2,22,27)(H,23,24);1H. The number of fused-ring (bicyclic) bond motifs is 1. The van der Waals surface area contributed by atoms with Crippen molar-refractivity contribution in [1.29, 1.82) is 0 Å². The molecule has 1 aliphatic carbocycles. The van der Waals surface area contributed by atoms with Gasteiger partial charge in [0.05, 0.1) is 12.2 Å². The number of aryl methyl sites for hydroxylation is 1. The van der Waals surface area contributed by atoms with E-state index in [0.717, 1.165) is 28.6 Å². The Hall–Kier alpha value is -2.58. The summed E-state index contributed by atoms with van der Waals surface area (Å²) in [5.41, 5.74) is 7.86. The molecule has 1 aromatic carbocycles. The summed E-state index contributed by atoms with van der Waals surface area (Å²) in [5.74, 6) is 0.448. The molecule has 152 valence electrons. The van der Waals surface area contributed by atoms with Crippen molar-refractivity contribution >= 4 is 62.7 Å². The quantitative estimate of drug-likeness (QED) is 0.514. The van der Waals surface area contributed by atoms with Gasteiger partial charge in [0.1, 0.15) is 5.52 Å². The molecule has 0 unspecified atom stereocenters. The lowest BCUT2D eigenvalue weighted by Crippen LogP contribution is -2.19. The molecule has 3 aromatic rings. The van der Waals surface area contributed by atoms with Crippen LogP contribution in [0.3, 0.4) is 0 Å². The summed E-state index contributed by atoms with van der Waals surface area (Å²) < 4.78 is 7.63. The highest BCUT2D eigenvalue weighted by Gasteiger charge is 2.26. The van der Waals surface area contributed by atoms with Crippen LogP contribution in [-0.2, 0) is 4.74 Å². The Balaban J connectivity index is 0.00000240. The van der Waals surface area contributed by atoms with Gasteiger partial charge in [-0.25, -0.2) is 14.6 Å². The molecule has 2 aromatic heterocycles. The number of nitrogens with one attached hydrogen (secondary N) is 1. The Morgan fingerprint density at radius 1 is 1.38 bits per heavy atom. The van der Waals surface area contributed by atoms with Crippen molar-refractivity contribution in [2.45, 2.75) is 19.8 Å². The van der Waals surface area contributed by atoms with Crippen molar-refractivity contribution < 1.29 is 14.3 Å². The fourth-order valence-electron chi connectivity index (χ4n) is 3.14. The van der Waals surface area contributed by atoms with E-state index in [1.807, 2.05) is 31.2 Å². The van der Waals surface area contributed by atoms with Gasteiger partial charge in [0.15, 0.2) is 5.82 Å². The van der Waals surface area contributed by atoms with Crippen molar-refractivity contribution in [3.63, 3.8) is 0 Å². The Bertz CT molecular complexity index is 1090. The lowest BCUT2D eigenvalue weighted by molar-refractivity contribution is 0.0488. The molecule has 0 spiro atoms. The largest absolute Gasteiger partial charge is 0.462 e. The van der Waals surface area contributed by atoms with E-state index in [1.165, 1.54) is 10.8 Å². The summed E-state index contributed by atoms with van der Waals surface area (Å²) >= 11 is 3.43. The number of rotatable bonds is 5. The minimum Gasteiger partial charge on any atom is -0.462 e. The first-order chi connectivity index (χ1) is 13.4. The Kier molecular flexibility index (Phi) is 6.14. The van der Waals surface area contributed by atoms with E-state index in [9.17, 15) is 9.59 Å². The predicted molar refractivity (Wildman–Crippen MR) is 117 cm³/mol. The number of carbonyl (C=O) groups excluding carboxylic acids is 2. The molecular formula is C20H20BrClN4O3. The Morgan fingerprint density at radius 2 is 2.14 bits per heavy atom. The van der Waals surface area contributed by atoms with Gasteiger partial charge in [0.25, 0.3) is 0 Å². The highest BCUT2D eigenvalue weighted by Crippen LogP contribution is 2.33. The van der Waals surface area contributed by atoms with Gasteiger partial charge in [-0.15, -0.1) is 12.4 Å². The molecule has 0 radical (unpaired) electrons. The first-order valence-corrected chi connectivity index (χ1v) is 9.73. The highest BCUT2D eigenvalue weighted by atomic mass is 79.9. The molecule has 9 heteroatoms. The second kappa shape index (κ2) is 8.42. The number of aromatic nitrogens is 2. The second-order valence-corrected chi connectivity index (χ2v) is 7.86. The van der Waals surface area contributed by atoms with E-state index in [0.29, 0.717) is 34.8 Å². The SMILES string of the molecule is Cc1cn(C(N)=O)c2c(Nc3cccc(Br)c3)ncc(C(=O)OCC3CC3)c12.Cl. The van der Waals surface area contributed by atoms with Gasteiger partial charge in [0, 0.05) is 27.9 Å². The molecule has 1 aliphatic rings. The van der Waals surface area contributed by atoms with E-state index in [2.05, 4.69) is 26.2 Å². The van der Waals surface area contributed by atoms with E-state index in [-0.39, 0.29) is 12.4 Å². The van der Waals surface area contributed by atoms with Gasteiger partial charge < -0.3 is 15.8 Å². The van der Waals surface area contributed by atoms with Gasteiger partial charge >= 0.3 is 12.0 Å². The summed E-state index contributed by atoms with van der Waals surface area (Å²) in [5, 5.41) is 3.80.